The third-order valence-electron chi connectivity index (χ3n) is 1.82. The number of aromatic nitrogens is 1. The number of hydrogen-bond acceptors (Lipinski definition) is 3. The van der Waals surface area contributed by atoms with Crippen LogP contribution in [-0.4, -0.2) is 23.5 Å². The Hall–Kier alpha value is -1.62. The molecule has 1 aliphatic heterocycles. The smallest absolute Gasteiger partial charge is 0.283 e. The molecule has 0 unspecified atom stereocenters. The fourth-order valence-electron chi connectivity index (χ4n) is 1.18. The van der Waals surface area contributed by atoms with Crippen LogP contribution >= 0.6 is 11.6 Å². The molecule has 0 radical (unpaired) electrons. The van der Waals surface area contributed by atoms with E-state index in [2.05, 4.69) is 10.3 Å². The first kappa shape index (κ1) is 8.96. The topological polar surface area (TPSA) is 62.3 Å². The van der Waals surface area contributed by atoms with Crippen molar-refractivity contribution in [2.75, 3.05) is 11.4 Å². The average molecular weight is 212 g/mol. The lowest BCUT2D eigenvalue weighted by Crippen LogP contribution is -2.27. The van der Waals surface area contributed by atoms with Gasteiger partial charge in [0.25, 0.3) is 0 Å². The van der Waals surface area contributed by atoms with E-state index in [9.17, 15) is 9.59 Å². The van der Waals surface area contributed by atoms with Gasteiger partial charge in [-0.3, -0.25) is 15.0 Å². The number of pyridine rings is 1. The zero-order chi connectivity index (χ0) is 10.1. The Balaban J connectivity index is 2.27. The number of carbonyl (C=O) groups excluding carboxylic acids is 2. The molecule has 0 saturated carbocycles. The Morgan fingerprint density at radius 2 is 2.21 bits per heavy atom. The Kier molecular flexibility index (Phi) is 2.09. The number of urea groups is 1. The van der Waals surface area contributed by atoms with E-state index in [4.69, 9.17) is 11.6 Å². The molecular formula is C8H6ClN3O2. The van der Waals surface area contributed by atoms with E-state index in [1.165, 1.54) is 11.1 Å². The fraction of sp³-hybridized carbons (Fsp3) is 0.125. The van der Waals surface area contributed by atoms with E-state index < -0.39 is 6.03 Å². The summed E-state index contributed by atoms with van der Waals surface area (Å²) in [6, 6.07) is 2.76. The van der Waals surface area contributed by atoms with Gasteiger partial charge in [0.15, 0.2) is 0 Å². The largest absolute Gasteiger partial charge is 0.329 e. The van der Waals surface area contributed by atoms with Crippen molar-refractivity contribution in [1.82, 2.24) is 10.3 Å². The number of halogens is 1. The van der Waals surface area contributed by atoms with Gasteiger partial charge in [-0.25, -0.2) is 9.78 Å². The van der Waals surface area contributed by atoms with Crippen LogP contribution in [0.1, 0.15) is 0 Å². The minimum Gasteiger partial charge on any atom is -0.283 e. The van der Waals surface area contributed by atoms with Crippen molar-refractivity contribution in [2.24, 2.45) is 0 Å². The lowest BCUT2D eigenvalue weighted by atomic mass is 10.4. The molecule has 0 spiro atoms. The lowest BCUT2D eigenvalue weighted by Gasteiger charge is -2.11. The summed E-state index contributed by atoms with van der Waals surface area (Å²) < 4.78 is 0. The van der Waals surface area contributed by atoms with E-state index in [0.29, 0.717) is 10.8 Å². The summed E-state index contributed by atoms with van der Waals surface area (Å²) in [5.41, 5.74) is 0.553. The Morgan fingerprint density at radius 1 is 1.43 bits per heavy atom. The Morgan fingerprint density at radius 3 is 2.71 bits per heavy atom. The van der Waals surface area contributed by atoms with Crippen LogP contribution in [0.25, 0.3) is 0 Å². The van der Waals surface area contributed by atoms with Crippen LogP contribution < -0.4 is 10.2 Å². The number of nitrogens with zero attached hydrogens (tertiary/aromatic N) is 2. The van der Waals surface area contributed by atoms with E-state index in [1.54, 1.807) is 12.1 Å². The first-order valence-corrected chi connectivity index (χ1v) is 4.27. The van der Waals surface area contributed by atoms with Crippen molar-refractivity contribution in [3.8, 4) is 0 Å². The molecule has 1 aliphatic rings. The minimum atomic E-state index is -0.431. The highest BCUT2D eigenvalue weighted by molar-refractivity contribution is 6.29. The summed E-state index contributed by atoms with van der Waals surface area (Å²) >= 11 is 5.59. The van der Waals surface area contributed by atoms with E-state index >= 15 is 0 Å². The molecule has 1 aromatic rings. The molecule has 5 nitrogen and oxygen atoms in total. The second kappa shape index (κ2) is 3.26. The third kappa shape index (κ3) is 1.54. The summed E-state index contributed by atoms with van der Waals surface area (Å²) in [6.07, 6.45) is 1.44. The van der Waals surface area contributed by atoms with Gasteiger partial charge in [-0.2, -0.15) is 0 Å². The Labute approximate surface area is 84.7 Å². The number of rotatable bonds is 1. The third-order valence-corrected chi connectivity index (χ3v) is 2.04. The van der Waals surface area contributed by atoms with Crippen molar-refractivity contribution >= 4 is 29.2 Å². The first-order chi connectivity index (χ1) is 6.66. The van der Waals surface area contributed by atoms with Crippen LogP contribution in [0.4, 0.5) is 10.5 Å². The molecule has 2 rings (SSSR count). The highest BCUT2D eigenvalue weighted by Crippen LogP contribution is 2.16. The van der Waals surface area contributed by atoms with Crippen molar-refractivity contribution in [1.29, 1.82) is 0 Å². The van der Waals surface area contributed by atoms with Crippen LogP contribution in [0.3, 0.4) is 0 Å². The number of amides is 3. The molecule has 0 aromatic carbocycles. The van der Waals surface area contributed by atoms with Crippen molar-refractivity contribution in [3.63, 3.8) is 0 Å². The fourth-order valence-corrected chi connectivity index (χ4v) is 1.29. The van der Waals surface area contributed by atoms with Gasteiger partial charge in [0.05, 0.1) is 11.9 Å². The molecule has 1 aromatic heterocycles. The van der Waals surface area contributed by atoms with Crippen molar-refractivity contribution < 1.29 is 9.59 Å². The SMILES string of the molecule is O=C1CN(c2ccc(Cl)nc2)C(=O)N1. The number of imide groups is 1. The van der Waals surface area contributed by atoms with Crippen LogP contribution in [0, 0.1) is 0 Å². The molecule has 1 fully saturated rings. The molecule has 0 aliphatic carbocycles. The van der Waals surface area contributed by atoms with E-state index in [0.717, 1.165) is 0 Å². The van der Waals surface area contributed by atoms with Crippen molar-refractivity contribution in [3.05, 3.63) is 23.5 Å². The minimum absolute atomic E-state index is 0.0299. The molecule has 72 valence electrons. The summed E-state index contributed by atoms with van der Waals surface area (Å²) in [5, 5.41) is 2.51. The van der Waals surface area contributed by atoms with Gasteiger partial charge in [-0.05, 0) is 12.1 Å². The number of nitrogens with one attached hydrogen (secondary N) is 1. The molecule has 14 heavy (non-hydrogen) atoms. The van der Waals surface area contributed by atoms with Gasteiger partial charge >= 0.3 is 6.03 Å². The van der Waals surface area contributed by atoms with Gasteiger partial charge in [-0.1, -0.05) is 11.6 Å². The highest BCUT2D eigenvalue weighted by atomic mass is 35.5. The Bertz CT molecular complexity index is 390. The molecule has 1 saturated heterocycles. The van der Waals surface area contributed by atoms with Crippen LogP contribution in [0.2, 0.25) is 5.15 Å². The van der Waals surface area contributed by atoms with Crippen molar-refractivity contribution in [2.45, 2.75) is 0 Å². The zero-order valence-electron chi connectivity index (χ0n) is 7.03. The summed E-state index contributed by atoms with van der Waals surface area (Å²) in [6.45, 7) is 0.0299. The molecule has 0 atom stereocenters. The summed E-state index contributed by atoms with van der Waals surface area (Å²) in [5.74, 6) is -0.315. The van der Waals surface area contributed by atoms with Crippen LogP contribution in [-0.2, 0) is 4.79 Å². The number of hydrogen-bond donors (Lipinski definition) is 1. The van der Waals surface area contributed by atoms with Gasteiger partial charge < -0.3 is 0 Å². The second-order valence-electron chi connectivity index (χ2n) is 2.78. The highest BCUT2D eigenvalue weighted by Gasteiger charge is 2.27. The second-order valence-corrected chi connectivity index (χ2v) is 3.17. The predicted molar refractivity (Wildman–Crippen MR) is 50.1 cm³/mol. The summed E-state index contributed by atoms with van der Waals surface area (Å²) in [7, 11) is 0. The van der Waals surface area contributed by atoms with Gasteiger partial charge in [0, 0.05) is 0 Å². The summed E-state index contributed by atoms with van der Waals surface area (Å²) in [4.78, 5) is 27.2. The van der Waals surface area contributed by atoms with Crippen LogP contribution in [0.15, 0.2) is 18.3 Å². The van der Waals surface area contributed by atoms with Crippen LogP contribution in [0.5, 0.6) is 0 Å². The maximum absolute atomic E-state index is 11.2. The number of anilines is 1. The lowest BCUT2D eigenvalue weighted by molar-refractivity contribution is -0.117. The maximum Gasteiger partial charge on any atom is 0.329 e. The molecule has 3 amide bonds. The zero-order valence-corrected chi connectivity index (χ0v) is 7.78. The normalized spacial score (nSPS) is 15.9. The van der Waals surface area contributed by atoms with E-state index in [-0.39, 0.29) is 12.5 Å². The van der Waals surface area contributed by atoms with Gasteiger partial charge in [0.2, 0.25) is 5.91 Å². The average Bonchev–Trinajstić information content (AvgIpc) is 2.47. The van der Waals surface area contributed by atoms with Gasteiger partial charge in [0.1, 0.15) is 11.7 Å². The predicted octanol–water partition coefficient (Wildman–Crippen LogP) is 0.791. The molecular weight excluding hydrogens is 206 g/mol. The molecule has 6 heteroatoms. The van der Waals surface area contributed by atoms with E-state index in [1.807, 2.05) is 0 Å². The first-order valence-electron chi connectivity index (χ1n) is 3.90. The standard InChI is InChI=1S/C8H6ClN3O2/c9-6-2-1-5(3-10-6)12-4-7(13)11-8(12)14/h1-3H,4H2,(H,11,13,14). The molecule has 0 bridgehead atoms. The molecule has 2 heterocycles. The van der Waals surface area contributed by atoms with Gasteiger partial charge in [-0.15, -0.1) is 0 Å². The maximum atomic E-state index is 11.2. The quantitative estimate of drug-likeness (QED) is 0.552. The monoisotopic (exact) mass is 211 g/mol. The molecule has 1 N–H and O–H groups in total. The number of carbonyl (C=O) groups is 2.